The van der Waals surface area contributed by atoms with Crippen molar-refractivity contribution in [3.05, 3.63) is 97.5 Å². The molecule has 0 saturated carbocycles. The summed E-state index contributed by atoms with van der Waals surface area (Å²) in [6, 6.07) is 14.8. The van der Waals surface area contributed by atoms with Crippen molar-refractivity contribution in [2.24, 2.45) is 0 Å². The second kappa shape index (κ2) is 7.06. The number of benzene rings is 3. The van der Waals surface area contributed by atoms with E-state index in [2.05, 4.69) is 5.32 Å². The fraction of sp³-hybridized carbons (Fsp3) is 0. The van der Waals surface area contributed by atoms with E-state index in [9.17, 15) is 14.4 Å². The first-order chi connectivity index (χ1) is 13.4. The zero-order valence-electron chi connectivity index (χ0n) is 14.1. The van der Waals surface area contributed by atoms with Crippen LogP contribution >= 0.6 is 34.8 Å². The molecule has 3 aromatic carbocycles. The zero-order chi connectivity index (χ0) is 20.0. The molecule has 28 heavy (non-hydrogen) atoms. The molecular formula is C21H10Cl3NO3. The van der Waals surface area contributed by atoms with Gasteiger partial charge in [-0.3, -0.25) is 14.4 Å². The molecule has 1 aliphatic carbocycles. The molecule has 1 amide bonds. The molecule has 0 radical (unpaired) electrons. The number of anilines is 1. The molecule has 3 aromatic rings. The molecule has 0 aromatic heterocycles. The van der Waals surface area contributed by atoms with Gasteiger partial charge in [-0.1, -0.05) is 77.3 Å². The highest BCUT2D eigenvalue weighted by Gasteiger charge is 2.36. The van der Waals surface area contributed by atoms with Crippen LogP contribution < -0.4 is 5.32 Å². The number of rotatable bonds is 2. The summed E-state index contributed by atoms with van der Waals surface area (Å²) < 4.78 is 0. The highest BCUT2D eigenvalue weighted by atomic mass is 35.5. The molecular weight excluding hydrogens is 421 g/mol. The van der Waals surface area contributed by atoms with Gasteiger partial charge in [0.1, 0.15) is 0 Å². The third-order valence-corrected chi connectivity index (χ3v) is 5.80. The standard InChI is InChI=1S/C21H10Cl3NO3/c22-15-13-14(20(27)12-9-5-4-8-11(12)19(13)26)18(17(24)16(15)23)25-21(28)10-6-2-1-3-7-10/h1-9H,(H,25,28). The quantitative estimate of drug-likeness (QED) is 0.416. The van der Waals surface area contributed by atoms with Crippen LogP contribution in [0.2, 0.25) is 15.1 Å². The smallest absolute Gasteiger partial charge is 0.255 e. The summed E-state index contributed by atoms with van der Waals surface area (Å²) in [5, 5.41) is 2.29. The number of hydrogen-bond donors (Lipinski definition) is 1. The van der Waals surface area contributed by atoms with Crippen LogP contribution in [0.15, 0.2) is 54.6 Å². The highest BCUT2D eigenvalue weighted by Crippen LogP contribution is 2.45. The van der Waals surface area contributed by atoms with E-state index in [4.69, 9.17) is 34.8 Å². The molecule has 0 atom stereocenters. The van der Waals surface area contributed by atoms with Crippen molar-refractivity contribution >= 4 is 58.0 Å². The molecule has 7 heteroatoms. The number of halogens is 3. The Morgan fingerprint density at radius 2 is 1.21 bits per heavy atom. The fourth-order valence-corrected chi connectivity index (χ4v) is 3.89. The van der Waals surface area contributed by atoms with Crippen molar-refractivity contribution in [2.45, 2.75) is 0 Å². The van der Waals surface area contributed by atoms with E-state index in [1.807, 2.05) is 0 Å². The summed E-state index contributed by atoms with van der Waals surface area (Å²) in [6.45, 7) is 0. The van der Waals surface area contributed by atoms with Crippen LogP contribution in [-0.2, 0) is 0 Å². The predicted octanol–water partition coefficient (Wildman–Crippen LogP) is 5.67. The molecule has 0 spiro atoms. The van der Waals surface area contributed by atoms with E-state index >= 15 is 0 Å². The van der Waals surface area contributed by atoms with Crippen LogP contribution in [0.4, 0.5) is 5.69 Å². The van der Waals surface area contributed by atoms with Crippen LogP contribution in [0.3, 0.4) is 0 Å². The maximum absolute atomic E-state index is 13.1. The van der Waals surface area contributed by atoms with Crippen molar-refractivity contribution in [3.8, 4) is 0 Å². The first-order valence-corrected chi connectivity index (χ1v) is 9.30. The first kappa shape index (κ1) is 18.7. The van der Waals surface area contributed by atoms with Gasteiger partial charge in [0.05, 0.1) is 31.9 Å². The largest absolute Gasteiger partial charge is 0.320 e. The summed E-state index contributed by atoms with van der Waals surface area (Å²) in [6.07, 6.45) is 0. The zero-order valence-corrected chi connectivity index (χ0v) is 16.3. The monoisotopic (exact) mass is 429 g/mol. The fourth-order valence-electron chi connectivity index (χ4n) is 3.14. The molecule has 0 fully saturated rings. The van der Waals surface area contributed by atoms with Crippen LogP contribution in [0.5, 0.6) is 0 Å². The van der Waals surface area contributed by atoms with Gasteiger partial charge in [-0.25, -0.2) is 0 Å². The molecule has 138 valence electrons. The van der Waals surface area contributed by atoms with E-state index < -0.39 is 17.5 Å². The van der Waals surface area contributed by atoms with E-state index in [1.54, 1.807) is 48.5 Å². The van der Waals surface area contributed by atoms with Crippen molar-refractivity contribution in [1.29, 1.82) is 0 Å². The van der Waals surface area contributed by atoms with Crippen LogP contribution in [0, 0.1) is 0 Å². The lowest BCUT2D eigenvalue weighted by molar-refractivity contribution is 0.0978. The lowest BCUT2D eigenvalue weighted by atomic mass is 9.83. The Hall–Kier alpha value is -2.66. The summed E-state index contributed by atoms with van der Waals surface area (Å²) in [5.74, 6) is -1.42. The third-order valence-electron chi connectivity index (χ3n) is 4.47. The lowest BCUT2D eigenvalue weighted by Crippen LogP contribution is -2.25. The van der Waals surface area contributed by atoms with Gasteiger partial charge in [0.25, 0.3) is 5.91 Å². The van der Waals surface area contributed by atoms with Crippen molar-refractivity contribution < 1.29 is 14.4 Å². The van der Waals surface area contributed by atoms with E-state index in [0.29, 0.717) is 5.56 Å². The van der Waals surface area contributed by atoms with Gasteiger partial charge in [0.2, 0.25) is 0 Å². The van der Waals surface area contributed by atoms with Gasteiger partial charge in [0.15, 0.2) is 11.6 Å². The topological polar surface area (TPSA) is 63.2 Å². The van der Waals surface area contributed by atoms with Gasteiger partial charge >= 0.3 is 0 Å². The minimum Gasteiger partial charge on any atom is -0.320 e. The minimum atomic E-state index is -0.498. The number of fused-ring (bicyclic) bond motifs is 2. The number of nitrogens with one attached hydrogen (secondary N) is 1. The summed E-state index contributed by atoms with van der Waals surface area (Å²) in [4.78, 5) is 38.8. The maximum Gasteiger partial charge on any atom is 0.255 e. The van der Waals surface area contributed by atoms with Crippen molar-refractivity contribution in [1.82, 2.24) is 0 Å². The van der Waals surface area contributed by atoms with Crippen molar-refractivity contribution in [3.63, 3.8) is 0 Å². The Kier molecular flexibility index (Phi) is 4.71. The van der Waals surface area contributed by atoms with Crippen molar-refractivity contribution in [2.75, 3.05) is 5.32 Å². The lowest BCUT2D eigenvalue weighted by Gasteiger charge is -2.23. The highest BCUT2D eigenvalue weighted by molar-refractivity contribution is 6.53. The number of carbonyl (C=O) groups excluding carboxylic acids is 3. The van der Waals surface area contributed by atoms with Gasteiger partial charge in [-0.05, 0) is 12.1 Å². The summed E-state index contributed by atoms with van der Waals surface area (Å²) in [5.41, 5.74) is 0.627. The Morgan fingerprint density at radius 3 is 1.82 bits per heavy atom. The van der Waals surface area contributed by atoms with E-state index in [1.165, 1.54) is 6.07 Å². The average molecular weight is 431 g/mol. The number of ketones is 2. The molecule has 0 saturated heterocycles. The molecule has 0 unspecified atom stereocenters. The predicted molar refractivity (Wildman–Crippen MR) is 109 cm³/mol. The molecule has 1 N–H and O–H groups in total. The Morgan fingerprint density at radius 1 is 0.679 bits per heavy atom. The van der Waals surface area contributed by atoms with E-state index in [-0.39, 0.29) is 43.0 Å². The van der Waals surface area contributed by atoms with E-state index in [0.717, 1.165) is 0 Å². The second-order valence-corrected chi connectivity index (χ2v) is 7.22. The first-order valence-electron chi connectivity index (χ1n) is 8.17. The molecule has 1 aliphatic rings. The average Bonchev–Trinajstić information content (AvgIpc) is 2.72. The van der Waals surface area contributed by atoms with Gasteiger partial charge in [-0.2, -0.15) is 0 Å². The Balaban J connectivity index is 1.94. The second-order valence-electron chi connectivity index (χ2n) is 6.09. The number of hydrogen-bond acceptors (Lipinski definition) is 3. The molecule has 0 aliphatic heterocycles. The van der Waals surface area contributed by atoms with Crippen LogP contribution in [0.25, 0.3) is 0 Å². The Bertz CT molecular complexity index is 1170. The SMILES string of the molecule is O=C(Nc1c(Cl)c(Cl)c(Cl)c2c1C(=O)c1ccccc1C2=O)c1ccccc1. The van der Waals surface area contributed by atoms with Crippen LogP contribution in [-0.4, -0.2) is 17.5 Å². The van der Waals surface area contributed by atoms with Gasteiger partial charge < -0.3 is 5.32 Å². The summed E-state index contributed by atoms with van der Waals surface area (Å²) in [7, 11) is 0. The molecule has 4 rings (SSSR count). The molecule has 4 nitrogen and oxygen atoms in total. The number of carbonyl (C=O) groups is 3. The van der Waals surface area contributed by atoms with Gasteiger partial charge in [-0.15, -0.1) is 0 Å². The Labute approximate surface area is 175 Å². The minimum absolute atomic E-state index is 0.0345. The molecule has 0 heterocycles. The maximum atomic E-state index is 13.1. The number of amides is 1. The van der Waals surface area contributed by atoms with Crippen LogP contribution in [0.1, 0.15) is 42.2 Å². The summed E-state index contributed by atoms with van der Waals surface area (Å²) >= 11 is 18.8. The molecule has 0 bridgehead atoms. The third kappa shape index (κ3) is 2.81. The van der Waals surface area contributed by atoms with Gasteiger partial charge in [0, 0.05) is 16.7 Å². The normalized spacial score (nSPS) is 12.4.